The normalized spacial score (nSPS) is 24.4. The van der Waals surface area contributed by atoms with E-state index >= 15 is 0 Å². The maximum absolute atomic E-state index is 11.9. The largest absolute Gasteiger partial charge is 0.340 e. The van der Waals surface area contributed by atoms with E-state index in [4.69, 9.17) is 5.73 Å². The average molecular weight is 267 g/mol. The standard InChI is InChI=1S/C15H29N3O/c1-13(16)11-15(19)18-9-7-17(8-10-18)12-14-5-3-2-4-6-14/h13-14H,2-12,16H2,1H3. The molecule has 0 radical (unpaired) electrons. The Labute approximate surface area is 117 Å². The van der Waals surface area contributed by atoms with Crippen LogP contribution in [-0.4, -0.2) is 54.5 Å². The third-order valence-corrected chi connectivity index (χ3v) is 4.46. The Morgan fingerprint density at radius 3 is 2.37 bits per heavy atom. The van der Waals surface area contributed by atoms with Crippen LogP contribution in [0.4, 0.5) is 0 Å². The highest BCUT2D eigenvalue weighted by atomic mass is 16.2. The molecule has 1 aliphatic carbocycles. The monoisotopic (exact) mass is 267 g/mol. The minimum absolute atomic E-state index is 0.0206. The fourth-order valence-corrected chi connectivity index (χ4v) is 3.32. The minimum atomic E-state index is -0.0206. The van der Waals surface area contributed by atoms with Crippen molar-refractivity contribution in [1.29, 1.82) is 0 Å². The average Bonchev–Trinajstić information content (AvgIpc) is 2.40. The lowest BCUT2D eigenvalue weighted by molar-refractivity contribution is -0.133. The van der Waals surface area contributed by atoms with Crippen LogP contribution in [-0.2, 0) is 4.79 Å². The molecule has 19 heavy (non-hydrogen) atoms. The fourth-order valence-electron chi connectivity index (χ4n) is 3.32. The second-order valence-electron chi connectivity index (χ2n) is 6.37. The smallest absolute Gasteiger partial charge is 0.224 e. The molecule has 0 aromatic heterocycles. The van der Waals surface area contributed by atoms with Crippen molar-refractivity contribution in [3.05, 3.63) is 0 Å². The molecule has 0 spiro atoms. The number of piperazine rings is 1. The van der Waals surface area contributed by atoms with Gasteiger partial charge in [0.05, 0.1) is 0 Å². The molecule has 2 aliphatic rings. The van der Waals surface area contributed by atoms with Crippen molar-refractivity contribution in [2.75, 3.05) is 32.7 Å². The molecule has 4 heteroatoms. The van der Waals surface area contributed by atoms with Gasteiger partial charge in [0.2, 0.25) is 5.91 Å². The van der Waals surface area contributed by atoms with Gasteiger partial charge in [-0.3, -0.25) is 9.69 Å². The van der Waals surface area contributed by atoms with Gasteiger partial charge in [-0.1, -0.05) is 19.3 Å². The summed E-state index contributed by atoms with van der Waals surface area (Å²) in [5, 5.41) is 0. The van der Waals surface area contributed by atoms with Crippen molar-refractivity contribution in [2.24, 2.45) is 11.7 Å². The summed E-state index contributed by atoms with van der Waals surface area (Å²) in [4.78, 5) is 16.5. The van der Waals surface area contributed by atoms with Gasteiger partial charge in [0.1, 0.15) is 0 Å². The molecule has 1 heterocycles. The van der Waals surface area contributed by atoms with Crippen LogP contribution in [0.25, 0.3) is 0 Å². The van der Waals surface area contributed by atoms with Gasteiger partial charge in [-0.2, -0.15) is 0 Å². The summed E-state index contributed by atoms with van der Waals surface area (Å²) >= 11 is 0. The van der Waals surface area contributed by atoms with Gasteiger partial charge in [0.15, 0.2) is 0 Å². The highest BCUT2D eigenvalue weighted by Crippen LogP contribution is 2.24. The van der Waals surface area contributed by atoms with E-state index in [1.165, 1.54) is 38.6 Å². The number of carbonyl (C=O) groups is 1. The molecule has 110 valence electrons. The van der Waals surface area contributed by atoms with Gasteiger partial charge >= 0.3 is 0 Å². The van der Waals surface area contributed by atoms with Gasteiger partial charge in [-0.05, 0) is 25.7 Å². The van der Waals surface area contributed by atoms with Gasteiger partial charge < -0.3 is 10.6 Å². The number of hydrogen-bond donors (Lipinski definition) is 1. The molecule has 1 saturated heterocycles. The second-order valence-corrected chi connectivity index (χ2v) is 6.37. The Morgan fingerprint density at radius 2 is 1.79 bits per heavy atom. The van der Waals surface area contributed by atoms with Crippen LogP contribution in [0.3, 0.4) is 0 Å². The maximum atomic E-state index is 11.9. The highest BCUT2D eigenvalue weighted by Gasteiger charge is 2.24. The first-order chi connectivity index (χ1) is 9.15. The van der Waals surface area contributed by atoms with Crippen molar-refractivity contribution < 1.29 is 4.79 Å². The van der Waals surface area contributed by atoms with Crippen molar-refractivity contribution >= 4 is 5.91 Å². The molecule has 2 N–H and O–H groups in total. The first-order valence-electron chi connectivity index (χ1n) is 7.91. The SMILES string of the molecule is CC(N)CC(=O)N1CCN(CC2CCCCC2)CC1. The van der Waals surface area contributed by atoms with Gasteiger partial charge in [-0.15, -0.1) is 0 Å². The van der Waals surface area contributed by atoms with E-state index in [-0.39, 0.29) is 11.9 Å². The van der Waals surface area contributed by atoms with E-state index in [9.17, 15) is 4.79 Å². The summed E-state index contributed by atoms with van der Waals surface area (Å²) in [6.07, 6.45) is 7.56. The first kappa shape index (κ1) is 14.8. The number of carbonyl (C=O) groups excluding carboxylic acids is 1. The van der Waals surface area contributed by atoms with E-state index in [1.54, 1.807) is 0 Å². The Bertz CT molecular complexity index is 279. The predicted octanol–water partition coefficient (Wildman–Crippen LogP) is 1.45. The molecule has 1 aliphatic heterocycles. The molecule has 0 aromatic carbocycles. The van der Waals surface area contributed by atoms with E-state index in [1.807, 2.05) is 11.8 Å². The maximum Gasteiger partial charge on any atom is 0.224 e. The fraction of sp³-hybridized carbons (Fsp3) is 0.933. The quantitative estimate of drug-likeness (QED) is 0.838. The molecule has 1 atom stereocenters. The van der Waals surface area contributed by atoms with E-state index in [0.29, 0.717) is 6.42 Å². The summed E-state index contributed by atoms with van der Waals surface area (Å²) in [7, 11) is 0. The van der Waals surface area contributed by atoms with Crippen LogP contribution >= 0.6 is 0 Å². The zero-order valence-corrected chi connectivity index (χ0v) is 12.3. The van der Waals surface area contributed by atoms with Crippen LogP contribution in [0.5, 0.6) is 0 Å². The minimum Gasteiger partial charge on any atom is -0.340 e. The lowest BCUT2D eigenvalue weighted by Gasteiger charge is -2.37. The topological polar surface area (TPSA) is 49.6 Å². The predicted molar refractivity (Wildman–Crippen MR) is 77.9 cm³/mol. The summed E-state index contributed by atoms with van der Waals surface area (Å²) in [6, 6.07) is -0.0206. The lowest BCUT2D eigenvalue weighted by atomic mass is 9.89. The molecule has 0 aromatic rings. The second kappa shape index (κ2) is 7.25. The molecule has 2 fully saturated rings. The van der Waals surface area contributed by atoms with E-state index in [2.05, 4.69) is 4.90 Å². The van der Waals surface area contributed by atoms with Crippen molar-refractivity contribution in [3.8, 4) is 0 Å². The van der Waals surface area contributed by atoms with Crippen LogP contribution in [0.1, 0.15) is 45.4 Å². The van der Waals surface area contributed by atoms with E-state index < -0.39 is 0 Å². The zero-order chi connectivity index (χ0) is 13.7. The van der Waals surface area contributed by atoms with Gasteiger partial charge in [0.25, 0.3) is 0 Å². The molecule has 1 unspecified atom stereocenters. The van der Waals surface area contributed by atoms with Crippen LogP contribution < -0.4 is 5.73 Å². The number of amides is 1. The Kier molecular flexibility index (Phi) is 5.64. The molecule has 0 bridgehead atoms. The number of nitrogens with zero attached hydrogens (tertiary/aromatic N) is 2. The van der Waals surface area contributed by atoms with E-state index in [0.717, 1.165) is 32.1 Å². The zero-order valence-electron chi connectivity index (χ0n) is 12.3. The highest BCUT2D eigenvalue weighted by molar-refractivity contribution is 5.76. The first-order valence-corrected chi connectivity index (χ1v) is 7.91. The molecule has 1 amide bonds. The Balaban J connectivity index is 1.68. The third-order valence-electron chi connectivity index (χ3n) is 4.46. The number of rotatable bonds is 4. The van der Waals surface area contributed by atoms with Crippen molar-refractivity contribution in [3.63, 3.8) is 0 Å². The molecule has 2 rings (SSSR count). The summed E-state index contributed by atoms with van der Waals surface area (Å²) in [5.74, 6) is 1.13. The molecular weight excluding hydrogens is 238 g/mol. The van der Waals surface area contributed by atoms with Crippen LogP contribution in [0.2, 0.25) is 0 Å². The number of hydrogen-bond acceptors (Lipinski definition) is 3. The molecular formula is C15H29N3O. The third kappa shape index (κ3) is 4.77. The van der Waals surface area contributed by atoms with Crippen LogP contribution in [0, 0.1) is 5.92 Å². The Morgan fingerprint density at radius 1 is 1.16 bits per heavy atom. The summed E-state index contributed by atoms with van der Waals surface area (Å²) < 4.78 is 0. The molecule has 1 saturated carbocycles. The van der Waals surface area contributed by atoms with Gasteiger partial charge in [0, 0.05) is 45.2 Å². The summed E-state index contributed by atoms with van der Waals surface area (Å²) in [5.41, 5.74) is 5.69. The summed E-state index contributed by atoms with van der Waals surface area (Å²) in [6.45, 7) is 7.01. The van der Waals surface area contributed by atoms with Crippen LogP contribution in [0.15, 0.2) is 0 Å². The van der Waals surface area contributed by atoms with Gasteiger partial charge in [-0.25, -0.2) is 0 Å². The molecule has 4 nitrogen and oxygen atoms in total. The van der Waals surface area contributed by atoms with Crippen molar-refractivity contribution in [1.82, 2.24) is 9.80 Å². The van der Waals surface area contributed by atoms with Crippen molar-refractivity contribution in [2.45, 2.75) is 51.5 Å². The number of nitrogens with two attached hydrogens (primary N) is 1. The lowest BCUT2D eigenvalue weighted by Crippen LogP contribution is -2.50. The Hall–Kier alpha value is -0.610.